The van der Waals surface area contributed by atoms with Gasteiger partial charge in [-0.1, -0.05) is 0 Å². The molecule has 0 radical (unpaired) electrons. The highest BCUT2D eigenvalue weighted by Gasteiger charge is 2.17. The van der Waals surface area contributed by atoms with Crippen molar-refractivity contribution in [2.24, 2.45) is 0 Å². The van der Waals surface area contributed by atoms with Crippen LogP contribution in [0, 0.1) is 0 Å². The van der Waals surface area contributed by atoms with Gasteiger partial charge in [-0.2, -0.15) is 0 Å². The van der Waals surface area contributed by atoms with Gasteiger partial charge in [-0.25, -0.2) is 9.97 Å². The maximum Gasteiger partial charge on any atom is 0.271 e. The Morgan fingerprint density at radius 2 is 2.09 bits per heavy atom. The number of hydrogen-bond acceptors (Lipinski definition) is 5. The molecule has 3 heterocycles. The fraction of sp³-hybridized carbons (Fsp3) is 0.200. The molecule has 3 aromatic rings. The summed E-state index contributed by atoms with van der Waals surface area (Å²) < 4.78 is 0. The fourth-order valence-corrected chi connectivity index (χ4v) is 2.27. The van der Waals surface area contributed by atoms with Crippen LogP contribution in [0.4, 0.5) is 0 Å². The number of aliphatic hydroxyl groups excluding tert-OH is 1. The number of nitrogens with zero attached hydrogens (tertiary/aromatic N) is 3. The zero-order valence-corrected chi connectivity index (χ0v) is 11.7. The van der Waals surface area contributed by atoms with Gasteiger partial charge in [0.15, 0.2) is 0 Å². The van der Waals surface area contributed by atoms with Crippen LogP contribution in [0.5, 0.6) is 0 Å². The lowest BCUT2D eigenvalue weighted by molar-refractivity contribution is 0.0913. The number of rotatable bonds is 5. The number of aromatic amines is 1. The largest absolute Gasteiger partial charge is 0.394 e. The van der Waals surface area contributed by atoms with Crippen LogP contribution in [0.1, 0.15) is 16.1 Å². The van der Waals surface area contributed by atoms with E-state index >= 15 is 0 Å². The average Bonchev–Trinajstić information content (AvgIpc) is 3.03. The fourth-order valence-electron chi connectivity index (χ4n) is 2.27. The maximum atomic E-state index is 12.4. The van der Waals surface area contributed by atoms with Crippen molar-refractivity contribution in [3.63, 3.8) is 0 Å². The van der Waals surface area contributed by atoms with Gasteiger partial charge in [0.1, 0.15) is 17.7 Å². The number of aliphatic hydroxyl groups is 1. The summed E-state index contributed by atoms with van der Waals surface area (Å²) in [6, 6.07) is 5.06. The Kier molecular flexibility index (Phi) is 4.06. The predicted octanol–water partition coefficient (Wildman–Crippen LogP) is 0.686. The molecule has 0 aliphatic carbocycles. The third-order valence-corrected chi connectivity index (χ3v) is 3.36. The lowest BCUT2D eigenvalue weighted by Gasteiger charge is -2.16. The van der Waals surface area contributed by atoms with Crippen LogP contribution in [0.3, 0.4) is 0 Å². The molecule has 1 atom stereocenters. The van der Waals surface area contributed by atoms with Gasteiger partial charge in [-0.3, -0.25) is 9.78 Å². The molecule has 7 heteroatoms. The van der Waals surface area contributed by atoms with Crippen LogP contribution in [-0.4, -0.2) is 43.6 Å². The number of nitrogens with one attached hydrogen (secondary N) is 2. The number of carbonyl (C=O) groups is 1. The van der Waals surface area contributed by atoms with Crippen LogP contribution < -0.4 is 5.32 Å². The first-order valence-electron chi connectivity index (χ1n) is 6.86. The van der Waals surface area contributed by atoms with Crippen molar-refractivity contribution in [1.29, 1.82) is 0 Å². The molecule has 3 aromatic heterocycles. The van der Waals surface area contributed by atoms with E-state index in [1.807, 2.05) is 12.1 Å². The maximum absolute atomic E-state index is 12.4. The SMILES string of the molecule is O=C(N[C@@H](CO)Cc1ccncc1)c1ncnc2[nH]ccc12. The minimum Gasteiger partial charge on any atom is -0.394 e. The van der Waals surface area contributed by atoms with Gasteiger partial charge in [0.2, 0.25) is 0 Å². The van der Waals surface area contributed by atoms with E-state index in [-0.39, 0.29) is 18.6 Å². The molecule has 0 saturated heterocycles. The van der Waals surface area contributed by atoms with E-state index in [4.69, 9.17) is 0 Å². The molecule has 3 N–H and O–H groups in total. The lowest BCUT2D eigenvalue weighted by atomic mass is 10.1. The molecule has 0 saturated carbocycles. The summed E-state index contributed by atoms with van der Waals surface area (Å²) >= 11 is 0. The third-order valence-electron chi connectivity index (χ3n) is 3.36. The number of fused-ring (bicyclic) bond motifs is 1. The van der Waals surface area contributed by atoms with E-state index in [9.17, 15) is 9.90 Å². The summed E-state index contributed by atoms with van der Waals surface area (Å²) in [5.41, 5.74) is 1.89. The van der Waals surface area contributed by atoms with E-state index in [1.165, 1.54) is 6.33 Å². The Morgan fingerprint density at radius 3 is 2.86 bits per heavy atom. The van der Waals surface area contributed by atoms with E-state index in [2.05, 4.69) is 25.3 Å². The summed E-state index contributed by atoms with van der Waals surface area (Å²) in [6.07, 6.45) is 6.92. The Hall–Kier alpha value is -2.80. The lowest BCUT2D eigenvalue weighted by Crippen LogP contribution is -2.39. The summed E-state index contributed by atoms with van der Waals surface area (Å²) in [5, 5.41) is 12.9. The highest BCUT2D eigenvalue weighted by molar-refractivity contribution is 6.03. The summed E-state index contributed by atoms with van der Waals surface area (Å²) in [4.78, 5) is 27.3. The molecule has 0 aliphatic rings. The molecule has 1 amide bonds. The predicted molar refractivity (Wildman–Crippen MR) is 80.2 cm³/mol. The highest BCUT2D eigenvalue weighted by Crippen LogP contribution is 2.13. The number of H-pyrrole nitrogens is 1. The van der Waals surface area contributed by atoms with Crippen LogP contribution in [0.25, 0.3) is 11.0 Å². The summed E-state index contributed by atoms with van der Waals surface area (Å²) in [5.74, 6) is -0.333. The van der Waals surface area contributed by atoms with E-state index in [1.54, 1.807) is 24.7 Å². The molecule has 0 aliphatic heterocycles. The van der Waals surface area contributed by atoms with Crippen molar-refractivity contribution in [3.05, 3.63) is 54.4 Å². The number of carbonyl (C=O) groups excluding carboxylic acids is 1. The van der Waals surface area contributed by atoms with Crippen molar-refractivity contribution in [2.45, 2.75) is 12.5 Å². The second-order valence-corrected chi connectivity index (χ2v) is 4.87. The minimum atomic E-state index is -0.390. The molecular formula is C15H15N5O2. The molecule has 22 heavy (non-hydrogen) atoms. The highest BCUT2D eigenvalue weighted by atomic mass is 16.3. The molecule has 0 fully saturated rings. The first-order chi connectivity index (χ1) is 10.8. The van der Waals surface area contributed by atoms with Crippen molar-refractivity contribution in [2.75, 3.05) is 6.61 Å². The molecule has 0 spiro atoms. The van der Waals surface area contributed by atoms with Crippen LogP contribution in [0.15, 0.2) is 43.1 Å². The zero-order chi connectivity index (χ0) is 15.4. The number of pyridine rings is 1. The Labute approximate surface area is 126 Å². The Balaban J connectivity index is 1.76. The molecule has 3 rings (SSSR count). The number of amides is 1. The van der Waals surface area contributed by atoms with Gasteiger partial charge in [-0.05, 0) is 30.2 Å². The monoisotopic (exact) mass is 297 g/mol. The molecule has 7 nitrogen and oxygen atoms in total. The van der Waals surface area contributed by atoms with Gasteiger partial charge in [0.05, 0.1) is 18.0 Å². The molecule has 0 unspecified atom stereocenters. The van der Waals surface area contributed by atoms with Gasteiger partial charge in [0, 0.05) is 18.6 Å². The van der Waals surface area contributed by atoms with E-state index in [0.717, 1.165) is 5.56 Å². The van der Waals surface area contributed by atoms with Gasteiger partial charge in [-0.15, -0.1) is 0 Å². The van der Waals surface area contributed by atoms with Crippen molar-refractivity contribution in [1.82, 2.24) is 25.3 Å². The first-order valence-corrected chi connectivity index (χ1v) is 6.86. The molecule has 112 valence electrons. The third kappa shape index (κ3) is 2.94. The second kappa shape index (κ2) is 6.31. The first kappa shape index (κ1) is 14.2. The Bertz CT molecular complexity index is 772. The quantitative estimate of drug-likeness (QED) is 0.642. The number of hydrogen-bond donors (Lipinski definition) is 3. The van der Waals surface area contributed by atoms with E-state index < -0.39 is 0 Å². The average molecular weight is 297 g/mol. The van der Waals surface area contributed by atoms with Crippen LogP contribution >= 0.6 is 0 Å². The van der Waals surface area contributed by atoms with Crippen molar-refractivity contribution >= 4 is 16.9 Å². The number of aromatic nitrogens is 4. The smallest absolute Gasteiger partial charge is 0.271 e. The van der Waals surface area contributed by atoms with Gasteiger partial charge < -0.3 is 15.4 Å². The van der Waals surface area contributed by atoms with E-state index in [0.29, 0.717) is 23.1 Å². The topological polar surface area (TPSA) is 104 Å². The van der Waals surface area contributed by atoms with Gasteiger partial charge >= 0.3 is 0 Å². The standard InChI is InChI=1S/C15H15N5O2/c21-8-11(7-10-1-4-16-5-2-10)20-15(22)13-12-3-6-17-14(12)19-9-18-13/h1-6,9,11,21H,7-8H2,(H,20,22)(H,17,18,19)/t11-/m1/s1. The molecule has 0 aromatic carbocycles. The van der Waals surface area contributed by atoms with Gasteiger partial charge in [0.25, 0.3) is 5.91 Å². The normalized spacial score (nSPS) is 12.2. The second-order valence-electron chi connectivity index (χ2n) is 4.87. The zero-order valence-electron chi connectivity index (χ0n) is 11.7. The Morgan fingerprint density at radius 1 is 1.27 bits per heavy atom. The van der Waals surface area contributed by atoms with Crippen molar-refractivity contribution in [3.8, 4) is 0 Å². The molecular weight excluding hydrogens is 282 g/mol. The molecule has 0 bridgehead atoms. The van der Waals surface area contributed by atoms with Crippen LogP contribution in [0.2, 0.25) is 0 Å². The minimum absolute atomic E-state index is 0.157. The van der Waals surface area contributed by atoms with Crippen molar-refractivity contribution < 1.29 is 9.90 Å². The van der Waals surface area contributed by atoms with Crippen LogP contribution in [-0.2, 0) is 6.42 Å². The summed E-state index contributed by atoms with van der Waals surface area (Å²) in [7, 11) is 0. The summed E-state index contributed by atoms with van der Waals surface area (Å²) in [6.45, 7) is -0.157.